The fourth-order valence-electron chi connectivity index (χ4n) is 4.72. The lowest BCUT2D eigenvalue weighted by molar-refractivity contribution is 0.145. The molecule has 2 aromatic carbocycles. The zero-order valence-corrected chi connectivity index (χ0v) is 19.0. The van der Waals surface area contributed by atoms with Crippen molar-refractivity contribution in [3.8, 4) is 11.4 Å². The van der Waals surface area contributed by atoms with Crippen molar-refractivity contribution in [3.05, 3.63) is 70.3 Å². The maximum Gasteiger partial charge on any atom is 0.227 e. The van der Waals surface area contributed by atoms with E-state index < -0.39 is 0 Å². The van der Waals surface area contributed by atoms with Gasteiger partial charge in [0.2, 0.25) is 11.7 Å². The second-order valence-corrected chi connectivity index (χ2v) is 9.39. The highest BCUT2D eigenvalue weighted by atomic mass is 79.9. The second kappa shape index (κ2) is 9.40. The molecule has 0 bridgehead atoms. The number of halogens is 2. The van der Waals surface area contributed by atoms with Crippen LogP contribution in [0.5, 0.6) is 0 Å². The van der Waals surface area contributed by atoms with Crippen LogP contribution in [0.25, 0.3) is 11.4 Å². The van der Waals surface area contributed by atoms with Crippen molar-refractivity contribution in [2.45, 2.75) is 38.1 Å². The average molecular weight is 472 g/mol. The van der Waals surface area contributed by atoms with E-state index in [1.807, 2.05) is 36.4 Å². The molecule has 1 atom stereocenters. The zero-order valence-electron chi connectivity index (χ0n) is 17.4. The maximum atomic E-state index is 13.8. The Balaban J connectivity index is 1.38. The highest BCUT2D eigenvalue weighted by Crippen LogP contribution is 2.40. The van der Waals surface area contributed by atoms with E-state index in [2.05, 4.69) is 45.1 Å². The van der Waals surface area contributed by atoms with Crippen molar-refractivity contribution in [1.29, 1.82) is 0 Å². The molecule has 4 rings (SSSR count). The minimum atomic E-state index is -0.161. The van der Waals surface area contributed by atoms with Gasteiger partial charge in [0.1, 0.15) is 5.82 Å². The van der Waals surface area contributed by atoms with Crippen LogP contribution in [0, 0.1) is 17.7 Å². The van der Waals surface area contributed by atoms with Gasteiger partial charge in [-0.05, 0) is 81.4 Å². The fraction of sp³-hybridized carbons (Fsp3) is 0.417. The molecule has 158 valence electrons. The summed E-state index contributed by atoms with van der Waals surface area (Å²) in [5.41, 5.74) is 2.02. The van der Waals surface area contributed by atoms with Gasteiger partial charge in [0.05, 0.1) is 0 Å². The van der Waals surface area contributed by atoms with Gasteiger partial charge in [-0.3, -0.25) is 0 Å². The van der Waals surface area contributed by atoms with E-state index in [9.17, 15) is 4.39 Å². The van der Waals surface area contributed by atoms with Crippen LogP contribution in [0.3, 0.4) is 0 Å². The lowest BCUT2D eigenvalue weighted by Crippen LogP contribution is -2.30. The molecular formula is C24H27BrFN3O. The smallest absolute Gasteiger partial charge is 0.227 e. The van der Waals surface area contributed by atoms with Crippen LogP contribution in [0.15, 0.2) is 57.5 Å². The minimum absolute atomic E-state index is 0.161. The molecule has 0 saturated heterocycles. The third kappa shape index (κ3) is 4.98. The van der Waals surface area contributed by atoms with E-state index >= 15 is 0 Å². The monoisotopic (exact) mass is 471 g/mol. The molecule has 1 unspecified atom stereocenters. The van der Waals surface area contributed by atoms with Crippen LogP contribution < -0.4 is 0 Å². The first-order chi connectivity index (χ1) is 14.5. The summed E-state index contributed by atoms with van der Waals surface area (Å²) in [4.78, 5) is 6.83. The Labute approximate surface area is 185 Å². The zero-order chi connectivity index (χ0) is 21.1. The van der Waals surface area contributed by atoms with E-state index in [0.717, 1.165) is 47.7 Å². The van der Waals surface area contributed by atoms with E-state index in [4.69, 9.17) is 4.52 Å². The number of nitrogens with zero attached hydrogens (tertiary/aromatic N) is 3. The van der Waals surface area contributed by atoms with Crippen LogP contribution >= 0.6 is 15.9 Å². The standard InChI is InChI=1S/C24H27BrFN3O/c1-29(2)23(18-5-4-8-21(26)15-18)17-11-9-16(10-12-17)13-22-27-24(28-30-22)19-6-3-7-20(25)14-19/h3-8,14-17,23H,9-13H2,1-2H3. The molecule has 1 aliphatic carbocycles. The number of hydrogen-bond donors (Lipinski definition) is 0. The van der Waals surface area contributed by atoms with Crippen LogP contribution in [0.1, 0.15) is 43.2 Å². The molecule has 0 amide bonds. The fourth-order valence-corrected chi connectivity index (χ4v) is 5.12. The van der Waals surface area contributed by atoms with Crippen LogP contribution in [-0.2, 0) is 6.42 Å². The van der Waals surface area contributed by atoms with Gasteiger partial charge < -0.3 is 9.42 Å². The lowest BCUT2D eigenvalue weighted by atomic mass is 9.75. The van der Waals surface area contributed by atoms with Crippen molar-refractivity contribution in [2.24, 2.45) is 11.8 Å². The van der Waals surface area contributed by atoms with Gasteiger partial charge in [0.25, 0.3) is 0 Å². The molecule has 1 aliphatic rings. The topological polar surface area (TPSA) is 42.2 Å². The van der Waals surface area contributed by atoms with E-state index in [1.165, 1.54) is 6.07 Å². The molecule has 1 fully saturated rings. The number of hydrogen-bond acceptors (Lipinski definition) is 4. The van der Waals surface area contributed by atoms with Crippen molar-refractivity contribution in [1.82, 2.24) is 15.0 Å². The summed E-state index contributed by atoms with van der Waals surface area (Å²) in [6, 6.07) is 15.2. The van der Waals surface area contributed by atoms with Crippen LogP contribution in [0.2, 0.25) is 0 Å². The average Bonchev–Trinajstić information content (AvgIpc) is 3.18. The molecule has 0 aliphatic heterocycles. The Morgan fingerprint density at radius 3 is 2.57 bits per heavy atom. The van der Waals surface area contributed by atoms with Crippen molar-refractivity contribution < 1.29 is 8.91 Å². The number of benzene rings is 2. The summed E-state index contributed by atoms with van der Waals surface area (Å²) in [5.74, 6) is 2.26. The lowest BCUT2D eigenvalue weighted by Gasteiger charge is -2.37. The predicted molar refractivity (Wildman–Crippen MR) is 119 cm³/mol. The van der Waals surface area contributed by atoms with Crippen LogP contribution in [-0.4, -0.2) is 29.1 Å². The van der Waals surface area contributed by atoms with Gasteiger partial charge in [-0.1, -0.05) is 45.4 Å². The third-order valence-corrected chi connectivity index (χ3v) is 6.59. The summed E-state index contributed by atoms with van der Waals surface area (Å²) in [6.45, 7) is 0. The quantitative estimate of drug-likeness (QED) is 0.423. The van der Waals surface area contributed by atoms with Gasteiger partial charge in [-0.25, -0.2) is 4.39 Å². The Hall–Kier alpha value is -2.05. The van der Waals surface area contributed by atoms with E-state index in [-0.39, 0.29) is 11.9 Å². The molecular weight excluding hydrogens is 445 g/mol. The molecule has 1 heterocycles. The van der Waals surface area contributed by atoms with Crippen molar-refractivity contribution in [2.75, 3.05) is 14.1 Å². The van der Waals surface area contributed by atoms with Crippen molar-refractivity contribution in [3.63, 3.8) is 0 Å². The summed E-state index contributed by atoms with van der Waals surface area (Å²) in [6.07, 6.45) is 5.31. The first kappa shape index (κ1) is 21.2. The van der Waals surface area contributed by atoms with Gasteiger partial charge in [-0.15, -0.1) is 0 Å². The van der Waals surface area contributed by atoms with Gasteiger partial charge in [0.15, 0.2) is 0 Å². The van der Waals surface area contributed by atoms with Gasteiger partial charge in [0, 0.05) is 22.5 Å². The highest BCUT2D eigenvalue weighted by Gasteiger charge is 2.31. The molecule has 3 aromatic rings. The molecule has 4 nitrogen and oxygen atoms in total. The largest absolute Gasteiger partial charge is 0.339 e. The maximum absolute atomic E-state index is 13.8. The first-order valence-corrected chi connectivity index (χ1v) is 11.3. The molecule has 1 aromatic heterocycles. The Morgan fingerprint density at radius 2 is 1.87 bits per heavy atom. The Morgan fingerprint density at radius 1 is 1.10 bits per heavy atom. The second-order valence-electron chi connectivity index (χ2n) is 8.47. The van der Waals surface area contributed by atoms with Crippen LogP contribution in [0.4, 0.5) is 4.39 Å². The summed E-state index contributed by atoms with van der Waals surface area (Å²) in [5, 5.41) is 4.16. The summed E-state index contributed by atoms with van der Waals surface area (Å²) >= 11 is 3.48. The molecule has 0 N–H and O–H groups in total. The Kier molecular flexibility index (Phi) is 6.64. The number of aromatic nitrogens is 2. The molecule has 1 saturated carbocycles. The van der Waals surface area contributed by atoms with Gasteiger partial charge in [-0.2, -0.15) is 4.98 Å². The first-order valence-electron chi connectivity index (χ1n) is 10.5. The molecule has 0 radical (unpaired) electrons. The van der Waals surface area contributed by atoms with E-state index in [1.54, 1.807) is 6.07 Å². The normalized spacial score (nSPS) is 20.4. The summed E-state index contributed by atoms with van der Waals surface area (Å²) in [7, 11) is 4.17. The highest BCUT2D eigenvalue weighted by molar-refractivity contribution is 9.10. The third-order valence-electron chi connectivity index (χ3n) is 6.10. The molecule has 6 heteroatoms. The Bertz CT molecular complexity index is 982. The number of rotatable bonds is 6. The predicted octanol–water partition coefficient (Wildman–Crippen LogP) is 6.29. The SMILES string of the molecule is CN(C)C(c1cccc(F)c1)C1CCC(Cc2nc(-c3cccc(Br)c3)no2)CC1. The summed E-state index contributed by atoms with van der Waals surface area (Å²) < 4.78 is 20.3. The molecule has 30 heavy (non-hydrogen) atoms. The van der Waals surface area contributed by atoms with E-state index in [0.29, 0.717) is 23.6 Å². The minimum Gasteiger partial charge on any atom is -0.339 e. The van der Waals surface area contributed by atoms with Crippen molar-refractivity contribution >= 4 is 15.9 Å². The molecule has 0 spiro atoms. The van der Waals surface area contributed by atoms with Gasteiger partial charge >= 0.3 is 0 Å².